The Morgan fingerprint density at radius 1 is 1.46 bits per heavy atom. The molecular formula is C12H14O. The van der Waals surface area contributed by atoms with Crippen LogP contribution in [0, 0.1) is 0 Å². The minimum absolute atomic E-state index is 0.613. The summed E-state index contributed by atoms with van der Waals surface area (Å²) in [7, 11) is 0. The summed E-state index contributed by atoms with van der Waals surface area (Å²) in [6.45, 7) is 4.63. The number of rotatable bonds is 2. The van der Waals surface area contributed by atoms with Crippen molar-refractivity contribution in [3.05, 3.63) is 42.5 Å². The molecule has 0 aromatic heterocycles. The van der Waals surface area contributed by atoms with E-state index in [4.69, 9.17) is 4.74 Å². The Morgan fingerprint density at radius 2 is 2.31 bits per heavy atom. The zero-order valence-electron chi connectivity index (χ0n) is 7.70. The Morgan fingerprint density at radius 3 is 3.15 bits per heavy atom. The van der Waals surface area contributed by atoms with E-state index >= 15 is 0 Å². The van der Waals surface area contributed by atoms with Crippen LogP contribution in [-0.4, -0.2) is 6.61 Å². The molecule has 2 rings (SSSR count). The molecule has 1 heteroatoms. The average Bonchev–Trinajstić information content (AvgIpc) is 2.19. The van der Waals surface area contributed by atoms with Gasteiger partial charge in [0, 0.05) is 0 Å². The Bertz CT molecular complexity index is 304. The molecule has 1 aliphatic heterocycles. The van der Waals surface area contributed by atoms with Gasteiger partial charge in [0.1, 0.15) is 5.75 Å². The van der Waals surface area contributed by atoms with Crippen LogP contribution in [-0.2, 0) is 0 Å². The highest BCUT2D eigenvalue weighted by Crippen LogP contribution is 2.35. The molecule has 1 nitrogen and oxygen atoms in total. The minimum Gasteiger partial charge on any atom is -0.493 e. The monoisotopic (exact) mass is 174 g/mol. The van der Waals surface area contributed by atoms with E-state index in [1.807, 2.05) is 18.2 Å². The largest absolute Gasteiger partial charge is 0.493 e. The second-order valence-corrected chi connectivity index (χ2v) is 3.40. The number of benzene rings is 1. The van der Waals surface area contributed by atoms with Gasteiger partial charge in [0.25, 0.3) is 0 Å². The predicted octanol–water partition coefficient (Wildman–Crippen LogP) is 3.13. The van der Waals surface area contributed by atoms with Crippen molar-refractivity contribution in [2.45, 2.75) is 18.8 Å². The highest BCUT2D eigenvalue weighted by molar-refractivity contribution is 5.37. The fraction of sp³-hybridized carbons (Fsp3) is 0.333. The topological polar surface area (TPSA) is 9.23 Å². The van der Waals surface area contributed by atoms with Gasteiger partial charge >= 0.3 is 0 Å². The lowest BCUT2D eigenvalue weighted by Crippen LogP contribution is -2.13. The van der Waals surface area contributed by atoms with Crippen molar-refractivity contribution in [2.75, 3.05) is 6.61 Å². The summed E-state index contributed by atoms with van der Waals surface area (Å²) < 4.78 is 5.57. The van der Waals surface area contributed by atoms with Crippen molar-refractivity contribution in [1.82, 2.24) is 0 Å². The van der Waals surface area contributed by atoms with Crippen molar-refractivity contribution >= 4 is 0 Å². The van der Waals surface area contributed by atoms with E-state index in [-0.39, 0.29) is 0 Å². The molecule has 0 amide bonds. The lowest BCUT2D eigenvalue weighted by Gasteiger charge is -2.24. The SMILES string of the molecule is C=CCC1CCOc2ccccc21. The zero-order valence-corrected chi connectivity index (χ0v) is 7.70. The second-order valence-electron chi connectivity index (χ2n) is 3.40. The fourth-order valence-corrected chi connectivity index (χ4v) is 1.86. The maximum atomic E-state index is 5.57. The lowest BCUT2D eigenvalue weighted by atomic mass is 9.90. The molecule has 1 heterocycles. The third kappa shape index (κ3) is 1.59. The van der Waals surface area contributed by atoms with Crippen LogP contribution in [0.1, 0.15) is 24.3 Å². The number of para-hydroxylation sites is 1. The molecule has 1 aliphatic rings. The Kier molecular flexibility index (Phi) is 2.35. The molecule has 0 N–H and O–H groups in total. The van der Waals surface area contributed by atoms with Gasteiger partial charge in [-0.2, -0.15) is 0 Å². The molecule has 0 saturated heterocycles. The third-order valence-corrected chi connectivity index (χ3v) is 2.53. The van der Waals surface area contributed by atoms with E-state index in [0.717, 1.165) is 25.2 Å². The van der Waals surface area contributed by atoms with Crippen LogP contribution in [0.15, 0.2) is 36.9 Å². The molecule has 0 spiro atoms. The van der Waals surface area contributed by atoms with Crippen molar-refractivity contribution < 1.29 is 4.74 Å². The standard InChI is InChI=1S/C12H14O/c1-2-5-10-8-9-13-12-7-4-3-6-11(10)12/h2-4,6-7,10H,1,5,8-9H2. The number of hydrogen-bond acceptors (Lipinski definition) is 1. The van der Waals surface area contributed by atoms with Gasteiger partial charge in [-0.25, -0.2) is 0 Å². The van der Waals surface area contributed by atoms with Gasteiger partial charge in [-0.05, 0) is 30.4 Å². The van der Waals surface area contributed by atoms with Crippen LogP contribution >= 0.6 is 0 Å². The van der Waals surface area contributed by atoms with Gasteiger partial charge in [-0.1, -0.05) is 24.3 Å². The first-order chi connectivity index (χ1) is 6.42. The Balaban J connectivity index is 2.31. The summed E-state index contributed by atoms with van der Waals surface area (Å²) in [5.74, 6) is 1.67. The Labute approximate surface area is 79.0 Å². The summed E-state index contributed by atoms with van der Waals surface area (Å²) in [5.41, 5.74) is 1.34. The highest BCUT2D eigenvalue weighted by Gasteiger charge is 2.19. The van der Waals surface area contributed by atoms with E-state index in [0.29, 0.717) is 5.92 Å². The first-order valence-corrected chi connectivity index (χ1v) is 4.74. The van der Waals surface area contributed by atoms with Crippen molar-refractivity contribution in [3.8, 4) is 5.75 Å². The molecule has 0 aliphatic carbocycles. The normalized spacial score (nSPS) is 20.2. The summed E-state index contributed by atoms with van der Waals surface area (Å²) in [6.07, 6.45) is 4.16. The third-order valence-electron chi connectivity index (χ3n) is 2.53. The lowest BCUT2D eigenvalue weighted by molar-refractivity contribution is 0.267. The van der Waals surface area contributed by atoms with Crippen LogP contribution in [0.25, 0.3) is 0 Å². The van der Waals surface area contributed by atoms with E-state index in [9.17, 15) is 0 Å². The van der Waals surface area contributed by atoms with E-state index in [1.165, 1.54) is 5.56 Å². The van der Waals surface area contributed by atoms with Crippen molar-refractivity contribution in [3.63, 3.8) is 0 Å². The first kappa shape index (κ1) is 8.36. The van der Waals surface area contributed by atoms with Crippen LogP contribution in [0.3, 0.4) is 0 Å². The fourth-order valence-electron chi connectivity index (χ4n) is 1.86. The quantitative estimate of drug-likeness (QED) is 0.626. The zero-order chi connectivity index (χ0) is 9.10. The van der Waals surface area contributed by atoms with E-state index in [2.05, 4.69) is 18.7 Å². The molecule has 1 atom stereocenters. The van der Waals surface area contributed by atoms with Gasteiger partial charge in [0.15, 0.2) is 0 Å². The molecule has 68 valence electrons. The molecular weight excluding hydrogens is 160 g/mol. The number of fused-ring (bicyclic) bond motifs is 1. The highest BCUT2D eigenvalue weighted by atomic mass is 16.5. The predicted molar refractivity (Wildman–Crippen MR) is 54.1 cm³/mol. The Hall–Kier alpha value is -1.24. The molecule has 13 heavy (non-hydrogen) atoms. The van der Waals surface area contributed by atoms with Crippen LogP contribution in [0.2, 0.25) is 0 Å². The summed E-state index contributed by atoms with van der Waals surface area (Å²) in [6, 6.07) is 8.30. The summed E-state index contributed by atoms with van der Waals surface area (Å²) in [5, 5.41) is 0. The van der Waals surface area contributed by atoms with Gasteiger partial charge in [-0.3, -0.25) is 0 Å². The molecule has 1 aromatic rings. The van der Waals surface area contributed by atoms with Gasteiger partial charge < -0.3 is 4.74 Å². The number of ether oxygens (including phenoxy) is 1. The summed E-state index contributed by atoms with van der Waals surface area (Å²) >= 11 is 0. The maximum Gasteiger partial charge on any atom is 0.122 e. The first-order valence-electron chi connectivity index (χ1n) is 4.74. The second kappa shape index (κ2) is 3.65. The molecule has 0 fully saturated rings. The number of allylic oxidation sites excluding steroid dienone is 1. The number of hydrogen-bond donors (Lipinski definition) is 0. The molecule has 0 bridgehead atoms. The van der Waals surface area contributed by atoms with Crippen molar-refractivity contribution in [1.29, 1.82) is 0 Å². The van der Waals surface area contributed by atoms with Gasteiger partial charge in [-0.15, -0.1) is 6.58 Å². The minimum atomic E-state index is 0.613. The average molecular weight is 174 g/mol. The van der Waals surface area contributed by atoms with Gasteiger partial charge in [0.2, 0.25) is 0 Å². The molecule has 1 aromatic carbocycles. The van der Waals surface area contributed by atoms with E-state index in [1.54, 1.807) is 0 Å². The van der Waals surface area contributed by atoms with E-state index < -0.39 is 0 Å². The smallest absolute Gasteiger partial charge is 0.122 e. The molecule has 0 saturated carbocycles. The van der Waals surface area contributed by atoms with Crippen LogP contribution in [0.5, 0.6) is 5.75 Å². The van der Waals surface area contributed by atoms with Gasteiger partial charge in [0.05, 0.1) is 6.61 Å². The molecule has 1 unspecified atom stereocenters. The van der Waals surface area contributed by atoms with Crippen LogP contribution in [0.4, 0.5) is 0 Å². The maximum absolute atomic E-state index is 5.57. The van der Waals surface area contributed by atoms with Crippen LogP contribution < -0.4 is 4.74 Å². The van der Waals surface area contributed by atoms with Crippen molar-refractivity contribution in [2.24, 2.45) is 0 Å². The molecule has 0 radical (unpaired) electrons. The summed E-state index contributed by atoms with van der Waals surface area (Å²) in [4.78, 5) is 0.